The number of methoxy groups -OCH3 is 1. The van der Waals surface area contributed by atoms with Gasteiger partial charge < -0.3 is 44.5 Å². The number of ether oxygens (including phenoxy) is 4. The number of aliphatic hydroxyl groups is 5. The summed E-state index contributed by atoms with van der Waals surface area (Å²) in [5.74, 6) is -3.04. The van der Waals surface area contributed by atoms with Crippen LogP contribution in [0.15, 0.2) is 24.5 Å². The maximum atomic E-state index is 12.1. The van der Waals surface area contributed by atoms with Crippen molar-refractivity contribution in [3.8, 4) is 0 Å². The van der Waals surface area contributed by atoms with E-state index in [-0.39, 0.29) is 5.57 Å². The Morgan fingerprint density at radius 3 is 2.42 bits per heavy atom. The van der Waals surface area contributed by atoms with E-state index >= 15 is 0 Å². The second-order valence-electron chi connectivity index (χ2n) is 7.03. The van der Waals surface area contributed by atoms with Gasteiger partial charge in [0.05, 0.1) is 25.6 Å². The normalized spacial score (nSPS) is 37.3. The zero-order valence-electron chi connectivity index (χ0n) is 16.4. The molecule has 31 heavy (non-hydrogen) atoms. The lowest BCUT2D eigenvalue weighted by Gasteiger charge is -2.43. The lowest BCUT2D eigenvalue weighted by molar-refractivity contribution is -0.339. The van der Waals surface area contributed by atoms with Gasteiger partial charge in [0.25, 0.3) is 10.1 Å². The van der Waals surface area contributed by atoms with Crippen molar-refractivity contribution in [1.29, 1.82) is 0 Å². The van der Waals surface area contributed by atoms with Crippen LogP contribution in [0.4, 0.5) is 0 Å². The molecule has 6 N–H and O–H groups in total. The maximum absolute atomic E-state index is 12.1. The molecule has 0 aromatic carbocycles. The van der Waals surface area contributed by atoms with Gasteiger partial charge in [-0.25, -0.2) is 4.79 Å². The lowest BCUT2D eigenvalue weighted by atomic mass is 9.81. The molecule has 1 fully saturated rings. The molecule has 1 saturated heterocycles. The number of esters is 1. The van der Waals surface area contributed by atoms with Crippen molar-refractivity contribution < 1.29 is 62.2 Å². The van der Waals surface area contributed by atoms with Crippen molar-refractivity contribution in [3.05, 3.63) is 24.5 Å². The summed E-state index contributed by atoms with van der Waals surface area (Å²) in [5.41, 5.74) is -2.43. The Morgan fingerprint density at radius 1 is 1.26 bits per heavy atom. The second kappa shape index (κ2) is 10.3. The number of hydrogen-bond donors (Lipinski definition) is 6. The summed E-state index contributed by atoms with van der Waals surface area (Å²) in [7, 11) is -3.79. The molecular formula is C17H26O13S. The number of aliphatic hydroxyl groups excluding tert-OH is 5. The van der Waals surface area contributed by atoms with E-state index in [0.717, 1.165) is 13.4 Å². The Kier molecular flexibility index (Phi) is 8.54. The van der Waals surface area contributed by atoms with Crippen molar-refractivity contribution in [2.75, 3.05) is 13.7 Å². The summed E-state index contributed by atoms with van der Waals surface area (Å²) >= 11 is 0. The van der Waals surface area contributed by atoms with E-state index in [1.54, 1.807) is 0 Å². The molecule has 0 radical (unpaired) electrons. The van der Waals surface area contributed by atoms with Gasteiger partial charge in [0.15, 0.2) is 11.7 Å². The molecule has 0 bridgehead atoms. The van der Waals surface area contributed by atoms with E-state index in [9.17, 15) is 38.7 Å². The minimum atomic E-state index is -4.86. The van der Waals surface area contributed by atoms with Crippen molar-refractivity contribution in [2.24, 2.45) is 11.8 Å². The molecule has 0 saturated carbocycles. The molecule has 2 aliphatic rings. The Morgan fingerprint density at radius 2 is 1.90 bits per heavy atom. The predicted octanol–water partition coefficient (Wildman–Crippen LogP) is -2.77. The largest absolute Gasteiger partial charge is 0.471 e. The highest BCUT2D eigenvalue weighted by molar-refractivity contribution is 7.86. The Balaban J connectivity index is 2.31. The van der Waals surface area contributed by atoms with Crippen LogP contribution in [0.1, 0.15) is 6.42 Å². The molecule has 0 spiro atoms. The molecule has 9 atom stereocenters. The number of carbonyl (C=O) groups excluding carboxylic acids is 1. The molecule has 2 rings (SSSR count). The van der Waals surface area contributed by atoms with Crippen LogP contribution in [-0.4, -0.2) is 101 Å². The molecule has 2 heterocycles. The summed E-state index contributed by atoms with van der Waals surface area (Å²) < 4.78 is 52.4. The molecule has 0 aromatic rings. The van der Waals surface area contributed by atoms with Crippen LogP contribution in [0.5, 0.6) is 0 Å². The van der Waals surface area contributed by atoms with Crippen LogP contribution in [0.2, 0.25) is 0 Å². The third-order valence-corrected chi connectivity index (χ3v) is 6.00. The smallest absolute Gasteiger partial charge is 0.337 e. The first-order valence-electron chi connectivity index (χ1n) is 9.13. The van der Waals surface area contributed by atoms with E-state index in [4.69, 9.17) is 18.8 Å². The fourth-order valence-corrected chi connectivity index (χ4v) is 3.82. The van der Waals surface area contributed by atoms with Crippen molar-refractivity contribution >= 4 is 16.1 Å². The molecule has 178 valence electrons. The highest BCUT2D eigenvalue weighted by Crippen LogP contribution is 2.38. The number of hydrogen-bond acceptors (Lipinski definition) is 12. The first-order chi connectivity index (χ1) is 14.5. The van der Waals surface area contributed by atoms with Gasteiger partial charge in [0.1, 0.15) is 24.4 Å². The standard InChI is InChI=1S/C17H26O13S/c1-3-7-8(4-11(19)31(24,25)26)9(15(23)27-2)6-28-16(7)30-17-14(22)13(21)12(20)10(5-18)29-17/h3,6-8,10-14,16-22H,1,4-5H2,2H3,(H,24,25,26)/t7-,8+,10-,11+,12-,13+,14-,16+,17+/m1/s1. The van der Waals surface area contributed by atoms with E-state index in [1.807, 2.05) is 0 Å². The van der Waals surface area contributed by atoms with Crippen LogP contribution in [-0.2, 0) is 33.9 Å². The molecule has 14 heteroatoms. The molecule has 0 amide bonds. The quantitative estimate of drug-likeness (QED) is 0.121. The minimum Gasteiger partial charge on any atom is -0.471 e. The second-order valence-corrected chi connectivity index (χ2v) is 8.60. The van der Waals surface area contributed by atoms with Crippen molar-refractivity contribution in [3.63, 3.8) is 0 Å². The summed E-state index contributed by atoms with van der Waals surface area (Å²) in [5, 5.41) is 49.0. The van der Waals surface area contributed by atoms with Crippen molar-refractivity contribution in [1.82, 2.24) is 0 Å². The van der Waals surface area contributed by atoms with Gasteiger partial charge in [-0.3, -0.25) is 4.55 Å². The van der Waals surface area contributed by atoms with Crippen LogP contribution in [0.3, 0.4) is 0 Å². The zero-order chi connectivity index (χ0) is 23.5. The third kappa shape index (κ3) is 5.60. The van der Waals surface area contributed by atoms with Crippen LogP contribution < -0.4 is 0 Å². The monoisotopic (exact) mass is 470 g/mol. The Hall–Kier alpha value is -1.62. The lowest BCUT2D eigenvalue weighted by Crippen LogP contribution is -2.60. The van der Waals surface area contributed by atoms with Crippen LogP contribution >= 0.6 is 0 Å². The van der Waals surface area contributed by atoms with E-state index in [2.05, 4.69) is 11.3 Å². The molecule has 0 aromatic heterocycles. The summed E-state index contributed by atoms with van der Waals surface area (Å²) in [4.78, 5) is 12.1. The van der Waals surface area contributed by atoms with E-state index in [1.165, 1.54) is 6.08 Å². The van der Waals surface area contributed by atoms with Gasteiger partial charge in [-0.1, -0.05) is 6.08 Å². The molecule has 2 aliphatic heterocycles. The van der Waals surface area contributed by atoms with Gasteiger partial charge in [-0.05, 0) is 6.42 Å². The predicted molar refractivity (Wildman–Crippen MR) is 99.2 cm³/mol. The molecule has 0 aliphatic carbocycles. The minimum absolute atomic E-state index is 0.177. The Bertz CT molecular complexity index is 779. The first-order valence-corrected chi connectivity index (χ1v) is 10.6. The van der Waals surface area contributed by atoms with Crippen molar-refractivity contribution in [2.45, 2.75) is 48.9 Å². The topological polar surface area (TPSA) is 210 Å². The molecule has 13 nitrogen and oxygen atoms in total. The summed E-state index contributed by atoms with van der Waals surface area (Å²) in [6.07, 6.45) is -7.84. The maximum Gasteiger partial charge on any atom is 0.337 e. The first kappa shape index (κ1) is 25.6. The van der Waals surface area contributed by atoms with Gasteiger partial charge in [0.2, 0.25) is 6.29 Å². The van der Waals surface area contributed by atoms with Crippen LogP contribution in [0, 0.1) is 11.8 Å². The SMILES string of the molecule is C=C[C@H]1[C@H](O[C@@H]2O[C@H](CO)[C@@H](O)[C@H](O)[C@H]2O)OC=C(C(=O)OC)[C@H]1C[C@@H](O)S(=O)(=O)O. The molecular weight excluding hydrogens is 444 g/mol. The highest BCUT2D eigenvalue weighted by Gasteiger charge is 2.48. The third-order valence-electron chi connectivity index (χ3n) is 5.12. The average Bonchev–Trinajstić information content (AvgIpc) is 2.72. The van der Waals surface area contributed by atoms with E-state index < -0.39 is 83.4 Å². The average molecular weight is 470 g/mol. The van der Waals surface area contributed by atoms with Gasteiger partial charge in [0, 0.05) is 11.8 Å². The Labute approximate surface area is 177 Å². The number of carbonyl (C=O) groups is 1. The van der Waals surface area contributed by atoms with E-state index in [0.29, 0.717) is 0 Å². The molecule has 0 unspecified atom stereocenters. The fourth-order valence-electron chi connectivity index (χ4n) is 3.37. The fraction of sp³-hybridized carbons (Fsp3) is 0.706. The summed E-state index contributed by atoms with van der Waals surface area (Å²) in [6.45, 7) is 2.88. The van der Waals surface area contributed by atoms with Gasteiger partial charge >= 0.3 is 5.97 Å². The highest BCUT2D eigenvalue weighted by atomic mass is 32.2. The zero-order valence-corrected chi connectivity index (χ0v) is 17.2. The van der Waals surface area contributed by atoms with Crippen LogP contribution in [0.25, 0.3) is 0 Å². The summed E-state index contributed by atoms with van der Waals surface area (Å²) in [6, 6.07) is 0. The van der Waals surface area contributed by atoms with Gasteiger partial charge in [-0.2, -0.15) is 8.42 Å². The van der Waals surface area contributed by atoms with Gasteiger partial charge in [-0.15, -0.1) is 6.58 Å². The number of rotatable bonds is 8.